The van der Waals surface area contributed by atoms with Gasteiger partial charge in [0.1, 0.15) is 6.04 Å². The molecule has 4 nitrogen and oxygen atoms in total. The highest BCUT2D eigenvalue weighted by atomic mass is 32.2. The molecule has 0 aliphatic carbocycles. The topological polar surface area (TPSA) is 57.6 Å². The fourth-order valence-corrected chi connectivity index (χ4v) is 2.65. The van der Waals surface area contributed by atoms with Crippen LogP contribution >= 0.6 is 11.8 Å². The van der Waals surface area contributed by atoms with Crippen molar-refractivity contribution in [3.8, 4) is 0 Å². The van der Waals surface area contributed by atoms with Gasteiger partial charge < -0.3 is 10.0 Å². The maximum absolute atomic E-state index is 12.3. The smallest absolute Gasteiger partial charge is 0.326 e. The lowest BCUT2D eigenvalue weighted by Gasteiger charge is -2.35. The molecule has 0 unspecified atom stereocenters. The van der Waals surface area contributed by atoms with Crippen molar-refractivity contribution in [3.63, 3.8) is 0 Å². The number of benzene rings is 1. The molecule has 2 atom stereocenters. The predicted octanol–water partition coefficient (Wildman–Crippen LogP) is 1.78. The minimum atomic E-state index is -0.934. The van der Waals surface area contributed by atoms with Gasteiger partial charge in [0.05, 0.1) is 5.25 Å². The second-order valence-corrected chi connectivity index (χ2v) is 5.85. The summed E-state index contributed by atoms with van der Waals surface area (Å²) in [4.78, 5) is 25.2. The maximum Gasteiger partial charge on any atom is 0.326 e. The molecule has 19 heavy (non-hydrogen) atoms. The Morgan fingerprint density at radius 1 is 1.37 bits per heavy atom. The van der Waals surface area contributed by atoms with Gasteiger partial charge in [0.15, 0.2) is 0 Å². The summed E-state index contributed by atoms with van der Waals surface area (Å²) in [5, 5.41) is 9.12. The van der Waals surface area contributed by atoms with Crippen LogP contribution in [0.2, 0.25) is 0 Å². The third-order valence-electron chi connectivity index (χ3n) is 3.52. The zero-order valence-electron chi connectivity index (χ0n) is 11.0. The molecule has 102 valence electrons. The lowest BCUT2D eigenvalue weighted by molar-refractivity contribution is -0.151. The van der Waals surface area contributed by atoms with E-state index in [1.165, 1.54) is 16.7 Å². The second-order valence-electron chi connectivity index (χ2n) is 4.67. The van der Waals surface area contributed by atoms with Crippen LogP contribution in [0.1, 0.15) is 18.1 Å². The first kappa shape index (κ1) is 13.9. The van der Waals surface area contributed by atoms with Gasteiger partial charge in [-0.15, -0.1) is 0 Å². The summed E-state index contributed by atoms with van der Waals surface area (Å²) in [6.07, 6.45) is 2.24. The monoisotopic (exact) mass is 279 g/mol. The Morgan fingerprint density at radius 3 is 2.58 bits per heavy atom. The van der Waals surface area contributed by atoms with E-state index < -0.39 is 12.0 Å². The molecule has 1 heterocycles. The summed E-state index contributed by atoms with van der Waals surface area (Å²) in [6.45, 7) is 2.20. The minimum absolute atomic E-state index is 0.102. The lowest BCUT2D eigenvalue weighted by atomic mass is 9.94. The molecule has 1 aliphatic rings. The van der Waals surface area contributed by atoms with Crippen molar-refractivity contribution in [2.75, 3.05) is 6.26 Å². The van der Waals surface area contributed by atoms with Crippen molar-refractivity contribution in [2.45, 2.75) is 31.2 Å². The van der Waals surface area contributed by atoms with Gasteiger partial charge in [0.25, 0.3) is 0 Å². The first-order valence-corrected chi connectivity index (χ1v) is 7.46. The van der Waals surface area contributed by atoms with Crippen molar-refractivity contribution in [1.82, 2.24) is 4.90 Å². The number of rotatable bonds is 3. The molecule has 1 aromatic rings. The van der Waals surface area contributed by atoms with Gasteiger partial charge in [0, 0.05) is 13.0 Å². The van der Waals surface area contributed by atoms with Gasteiger partial charge in [-0.25, -0.2) is 4.79 Å². The summed E-state index contributed by atoms with van der Waals surface area (Å²) in [6, 6.07) is 6.96. The fraction of sp³-hybridized carbons (Fsp3) is 0.429. The van der Waals surface area contributed by atoms with Crippen LogP contribution in [0.25, 0.3) is 0 Å². The van der Waals surface area contributed by atoms with E-state index in [1.54, 1.807) is 0 Å². The molecule has 0 saturated carbocycles. The Kier molecular flexibility index (Phi) is 4.14. The molecule has 1 aromatic carbocycles. The largest absolute Gasteiger partial charge is 0.480 e. The summed E-state index contributed by atoms with van der Waals surface area (Å²) in [5.74, 6) is -1.04. The first-order chi connectivity index (χ1) is 9.04. The SMILES string of the molecule is CS[C@H](C)C(=O)N1Cc2ccccc2C[C@@H]1C(=O)O. The molecule has 0 saturated heterocycles. The maximum atomic E-state index is 12.3. The van der Waals surface area contributed by atoms with Gasteiger partial charge in [-0.05, 0) is 24.3 Å². The van der Waals surface area contributed by atoms with Crippen molar-refractivity contribution in [1.29, 1.82) is 0 Å². The third-order valence-corrected chi connectivity index (χ3v) is 4.43. The van der Waals surface area contributed by atoms with E-state index in [0.29, 0.717) is 13.0 Å². The minimum Gasteiger partial charge on any atom is -0.480 e. The zero-order valence-corrected chi connectivity index (χ0v) is 11.8. The van der Waals surface area contributed by atoms with Gasteiger partial charge in [0.2, 0.25) is 5.91 Å². The van der Waals surface area contributed by atoms with Crippen LogP contribution in [0, 0.1) is 0 Å². The highest BCUT2D eigenvalue weighted by molar-refractivity contribution is 7.99. The number of carbonyl (C=O) groups excluding carboxylic acids is 1. The molecule has 1 amide bonds. The Balaban J connectivity index is 2.31. The van der Waals surface area contributed by atoms with E-state index in [0.717, 1.165) is 11.1 Å². The normalized spacial score (nSPS) is 19.7. The number of hydrogen-bond donors (Lipinski definition) is 1. The van der Waals surface area contributed by atoms with Crippen molar-refractivity contribution < 1.29 is 14.7 Å². The number of fused-ring (bicyclic) bond motifs is 1. The van der Waals surface area contributed by atoms with Crippen LogP contribution in [-0.2, 0) is 22.6 Å². The molecular weight excluding hydrogens is 262 g/mol. The number of nitrogens with zero attached hydrogens (tertiary/aromatic N) is 1. The average Bonchev–Trinajstić information content (AvgIpc) is 2.44. The molecule has 1 aliphatic heterocycles. The van der Waals surface area contributed by atoms with Crippen LogP contribution in [0.15, 0.2) is 24.3 Å². The van der Waals surface area contributed by atoms with E-state index >= 15 is 0 Å². The molecule has 5 heteroatoms. The number of carbonyl (C=O) groups is 2. The molecular formula is C14H17NO3S. The van der Waals surface area contributed by atoms with E-state index in [-0.39, 0.29) is 11.2 Å². The Morgan fingerprint density at radius 2 is 2.00 bits per heavy atom. The van der Waals surface area contributed by atoms with E-state index in [4.69, 9.17) is 0 Å². The van der Waals surface area contributed by atoms with Gasteiger partial charge in [-0.3, -0.25) is 4.79 Å². The standard InChI is InChI=1S/C14H17NO3S/c1-9(19-2)13(16)15-8-11-6-4-3-5-10(11)7-12(15)14(17)18/h3-6,9,12H,7-8H2,1-2H3,(H,17,18)/t9-,12-/m1/s1. The van der Waals surface area contributed by atoms with Gasteiger partial charge in [-0.2, -0.15) is 11.8 Å². The number of aliphatic carboxylic acids is 1. The highest BCUT2D eigenvalue weighted by Crippen LogP contribution is 2.25. The van der Waals surface area contributed by atoms with E-state index in [2.05, 4.69) is 0 Å². The van der Waals surface area contributed by atoms with Crippen molar-refractivity contribution in [3.05, 3.63) is 35.4 Å². The third kappa shape index (κ3) is 2.76. The Bertz CT molecular complexity index is 503. The lowest BCUT2D eigenvalue weighted by Crippen LogP contribution is -2.50. The van der Waals surface area contributed by atoms with Crippen molar-refractivity contribution >= 4 is 23.6 Å². The van der Waals surface area contributed by atoms with Crippen LogP contribution in [-0.4, -0.2) is 39.4 Å². The summed E-state index contributed by atoms with van der Waals surface area (Å²) in [7, 11) is 0. The summed E-state index contributed by atoms with van der Waals surface area (Å²) >= 11 is 1.44. The number of carboxylic acids is 1. The summed E-state index contributed by atoms with van der Waals surface area (Å²) in [5.41, 5.74) is 2.07. The van der Waals surface area contributed by atoms with E-state index in [9.17, 15) is 14.7 Å². The van der Waals surface area contributed by atoms with Gasteiger partial charge >= 0.3 is 5.97 Å². The first-order valence-electron chi connectivity index (χ1n) is 6.17. The second kappa shape index (κ2) is 5.65. The zero-order chi connectivity index (χ0) is 14.0. The van der Waals surface area contributed by atoms with Crippen LogP contribution in [0.3, 0.4) is 0 Å². The Labute approximate surface area is 116 Å². The molecule has 0 aromatic heterocycles. The number of hydrogen-bond acceptors (Lipinski definition) is 3. The van der Waals surface area contributed by atoms with Crippen molar-refractivity contribution in [2.24, 2.45) is 0 Å². The predicted molar refractivity (Wildman–Crippen MR) is 75.1 cm³/mol. The Hall–Kier alpha value is -1.49. The molecule has 0 radical (unpaired) electrons. The average molecular weight is 279 g/mol. The van der Waals surface area contributed by atoms with Crippen LogP contribution < -0.4 is 0 Å². The van der Waals surface area contributed by atoms with Crippen LogP contribution in [0.4, 0.5) is 0 Å². The fourth-order valence-electron chi connectivity index (χ4n) is 2.31. The molecule has 0 fully saturated rings. The summed E-state index contributed by atoms with van der Waals surface area (Å²) < 4.78 is 0. The van der Waals surface area contributed by atoms with Crippen LogP contribution in [0.5, 0.6) is 0 Å². The highest BCUT2D eigenvalue weighted by Gasteiger charge is 2.35. The molecule has 2 rings (SSSR count). The number of thioether (sulfide) groups is 1. The van der Waals surface area contributed by atoms with E-state index in [1.807, 2.05) is 37.4 Å². The quantitative estimate of drug-likeness (QED) is 0.916. The number of carboxylic acid groups (broad SMARTS) is 1. The number of amides is 1. The molecule has 0 bridgehead atoms. The molecule has 1 N–H and O–H groups in total. The van der Waals surface area contributed by atoms with Gasteiger partial charge in [-0.1, -0.05) is 24.3 Å². The molecule has 0 spiro atoms.